The number of aryl methyl sites for hydroxylation is 1. The van der Waals surface area contributed by atoms with Crippen molar-refractivity contribution >= 4 is 28.9 Å². The molecule has 0 bridgehead atoms. The molecule has 6 heteroatoms. The van der Waals surface area contributed by atoms with Crippen LogP contribution in [-0.4, -0.2) is 15.9 Å². The molecule has 0 fully saturated rings. The lowest BCUT2D eigenvalue weighted by atomic mass is 10.2. The molecule has 0 N–H and O–H groups in total. The average molecular weight is 345 g/mol. The van der Waals surface area contributed by atoms with Crippen molar-refractivity contribution in [2.24, 2.45) is 0 Å². The van der Waals surface area contributed by atoms with E-state index in [1.54, 1.807) is 18.3 Å². The van der Waals surface area contributed by atoms with Gasteiger partial charge in [0.15, 0.2) is 0 Å². The van der Waals surface area contributed by atoms with Crippen molar-refractivity contribution in [2.45, 2.75) is 13.3 Å². The minimum atomic E-state index is -0.393. The van der Waals surface area contributed by atoms with Crippen LogP contribution < -0.4 is 4.74 Å². The first-order valence-corrected chi connectivity index (χ1v) is 8.20. The van der Waals surface area contributed by atoms with Gasteiger partial charge < -0.3 is 4.74 Å². The van der Waals surface area contributed by atoms with E-state index in [1.165, 1.54) is 11.3 Å². The van der Waals surface area contributed by atoms with Crippen molar-refractivity contribution in [3.05, 3.63) is 64.3 Å². The number of carbonyl (C=O) groups excluding carboxylic acids is 1. The van der Waals surface area contributed by atoms with Crippen LogP contribution in [-0.2, 0) is 11.2 Å². The highest BCUT2D eigenvalue weighted by atomic mass is 35.5. The highest BCUT2D eigenvalue weighted by Crippen LogP contribution is 2.26. The lowest BCUT2D eigenvalue weighted by Crippen LogP contribution is -2.11. The van der Waals surface area contributed by atoms with E-state index in [-0.39, 0.29) is 6.42 Å². The molecule has 0 unspecified atom stereocenters. The van der Waals surface area contributed by atoms with Crippen molar-refractivity contribution in [2.75, 3.05) is 0 Å². The van der Waals surface area contributed by atoms with Gasteiger partial charge in [-0.1, -0.05) is 23.7 Å². The number of esters is 1. The Balaban J connectivity index is 1.69. The molecule has 0 saturated carbocycles. The first-order chi connectivity index (χ1) is 11.1. The third-order valence-electron chi connectivity index (χ3n) is 3.07. The number of carbonyl (C=O) groups is 1. The Hall–Kier alpha value is -2.24. The van der Waals surface area contributed by atoms with E-state index in [2.05, 4.69) is 9.97 Å². The molecule has 0 spiro atoms. The summed E-state index contributed by atoms with van der Waals surface area (Å²) in [6.07, 6.45) is 1.80. The first-order valence-electron chi connectivity index (χ1n) is 6.94. The van der Waals surface area contributed by atoms with Crippen molar-refractivity contribution in [3.8, 4) is 16.5 Å². The van der Waals surface area contributed by atoms with Crippen LogP contribution in [0.1, 0.15) is 11.3 Å². The maximum atomic E-state index is 12.1. The first kappa shape index (κ1) is 15.6. The molecule has 0 aliphatic carbocycles. The number of benzene rings is 1. The fraction of sp³-hybridized carbons (Fsp3) is 0.118. The monoisotopic (exact) mass is 344 g/mol. The molecule has 0 atom stereocenters. The van der Waals surface area contributed by atoms with E-state index in [9.17, 15) is 4.79 Å². The van der Waals surface area contributed by atoms with Gasteiger partial charge in [-0.25, -0.2) is 4.98 Å². The van der Waals surface area contributed by atoms with Gasteiger partial charge in [0, 0.05) is 11.6 Å². The molecule has 4 nitrogen and oxygen atoms in total. The zero-order valence-electron chi connectivity index (χ0n) is 12.3. The smallest absolute Gasteiger partial charge is 0.317 e. The van der Waals surface area contributed by atoms with Crippen molar-refractivity contribution in [1.29, 1.82) is 0 Å². The van der Waals surface area contributed by atoms with E-state index in [0.717, 1.165) is 16.3 Å². The van der Waals surface area contributed by atoms with E-state index < -0.39 is 5.97 Å². The molecular formula is C17H13ClN2O2S. The van der Waals surface area contributed by atoms with E-state index >= 15 is 0 Å². The predicted molar refractivity (Wildman–Crippen MR) is 90.9 cm³/mol. The molecular weight excluding hydrogens is 332 g/mol. The van der Waals surface area contributed by atoms with Gasteiger partial charge in [-0.3, -0.25) is 9.78 Å². The third-order valence-corrected chi connectivity index (χ3v) is 4.30. The number of halogens is 1. The van der Waals surface area contributed by atoms with Crippen LogP contribution in [0.3, 0.4) is 0 Å². The summed E-state index contributed by atoms with van der Waals surface area (Å²) in [7, 11) is 0. The maximum Gasteiger partial charge on any atom is 0.317 e. The number of ether oxygens (including phenoxy) is 1. The molecule has 0 radical (unpaired) electrons. The second-order valence-electron chi connectivity index (χ2n) is 4.94. The Labute approximate surface area is 142 Å². The fourth-order valence-corrected chi connectivity index (χ4v) is 2.94. The topological polar surface area (TPSA) is 52.1 Å². The summed E-state index contributed by atoms with van der Waals surface area (Å²) in [6, 6.07) is 10.9. The SMILES string of the molecule is Cc1ccc(Cl)c(OC(=O)Cc2csc(-c3ccccn3)n2)c1. The molecule has 3 rings (SSSR count). The Morgan fingerprint density at radius 1 is 1.30 bits per heavy atom. The number of nitrogens with zero attached hydrogens (tertiary/aromatic N) is 2. The van der Waals surface area contributed by atoms with Gasteiger partial charge in [0.1, 0.15) is 10.8 Å². The summed E-state index contributed by atoms with van der Waals surface area (Å²) in [5.41, 5.74) is 2.42. The molecule has 2 heterocycles. The Kier molecular flexibility index (Phi) is 4.69. The second-order valence-corrected chi connectivity index (χ2v) is 6.21. The highest BCUT2D eigenvalue weighted by Gasteiger charge is 2.13. The summed E-state index contributed by atoms with van der Waals surface area (Å²) < 4.78 is 5.32. The zero-order chi connectivity index (χ0) is 16.2. The standard InChI is InChI=1S/C17H13ClN2O2S/c1-11-5-6-13(18)15(8-11)22-16(21)9-12-10-23-17(20-12)14-4-2-3-7-19-14/h2-8,10H,9H2,1H3. The summed E-state index contributed by atoms with van der Waals surface area (Å²) in [6.45, 7) is 1.91. The number of thiazole rings is 1. The van der Waals surface area contributed by atoms with E-state index in [1.807, 2.05) is 36.6 Å². The van der Waals surface area contributed by atoms with E-state index in [4.69, 9.17) is 16.3 Å². The van der Waals surface area contributed by atoms with Gasteiger partial charge in [0.05, 0.1) is 22.8 Å². The van der Waals surface area contributed by atoms with Gasteiger partial charge in [-0.2, -0.15) is 0 Å². The largest absolute Gasteiger partial charge is 0.425 e. The molecule has 3 aromatic rings. The van der Waals surface area contributed by atoms with Crippen LogP contribution >= 0.6 is 22.9 Å². The van der Waals surface area contributed by atoms with Crippen LogP contribution in [0.15, 0.2) is 48.0 Å². The Morgan fingerprint density at radius 3 is 2.96 bits per heavy atom. The average Bonchev–Trinajstić information content (AvgIpc) is 3.00. The summed E-state index contributed by atoms with van der Waals surface area (Å²) >= 11 is 7.48. The number of pyridine rings is 1. The number of hydrogen-bond acceptors (Lipinski definition) is 5. The van der Waals surface area contributed by atoms with Crippen LogP contribution in [0.4, 0.5) is 0 Å². The quantitative estimate of drug-likeness (QED) is 0.522. The molecule has 1 aromatic carbocycles. The van der Waals surface area contributed by atoms with Gasteiger partial charge in [-0.05, 0) is 36.8 Å². The summed E-state index contributed by atoms with van der Waals surface area (Å²) in [5, 5.41) is 3.03. The molecule has 0 saturated heterocycles. The molecule has 0 amide bonds. The summed E-state index contributed by atoms with van der Waals surface area (Å²) in [5.74, 6) is -0.0211. The molecule has 23 heavy (non-hydrogen) atoms. The molecule has 116 valence electrons. The second kappa shape index (κ2) is 6.89. The highest BCUT2D eigenvalue weighted by molar-refractivity contribution is 7.13. The van der Waals surface area contributed by atoms with Crippen LogP contribution in [0.25, 0.3) is 10.7 Å². The number of hydrogen-bond donors (Lipinski definition) is 0. The van der Waals surface area contributed by atoms with Crippen LogP contribution in [0.2, 0.25) is 5.02 Å². The Morgan fingerprint density at radius 2 is 2.17 bits per heavy atom. The maximum absolute atomic E-state index is 12.1. The van der Waals surface area contributed by atoms with E-state index in [0.29, 0.717) is 16.5 Å². The van der Waals surface area contributed by atoms with Crippen LogP contribution in [0.5, 0.6) is 5.75 Å². The Bertz CT molecular complexity index is 834. The van der Waals surface area contributed by atoms with Gasteiger partial charge in [0.25, 0.3) is 0 Å². The zero-order valence-corrected chi connectivity index (χ0v) is 13.9. The molecule has 0 aliphatic heterocycles. The number of aromatic nitrogens is 2. The molecule has 2 aromatic heterocycles. The lowest BCUT2D eigenvalue weighted by Gasteiger charge is -2.06. The number of rotatable bonds is 4. The third kappa shape index (κ3) is 3.94. The van der Waals surface area contributed by atoms with Crippen molar-refractivity contribution in [1.82, 2.24) is 9.97 Å². The van der Waals surface area contributed by atoms with Crippen molar-refractivity contribution in [3.63, 3.8) is 0 Å². The van der Waals surface area contributed by atoms with Gasteiger partial charge in [-0.15, -0.1) is 11.3 Å². The van der Waals surface area contributed by atoms with Gasteiger partial charge >= 0.3 is 5.97 Å². The van der Waals surface area contributed by atoms with Crippen LogP contribution in [0, 0.1) is 6.92 Å². The summed E-state index contributed by atoms with van der Waals surface area (Å²) in [4.78, 5) is 20.7. The predicted octanol–water partition coefficient (Wildman–Crippen LogP) is 4.32. The minimum Gasteiger partial charge on any atom is -0.425 e. The lowest BCUT2D eigenvalue weighted by molar-refractivity contribution is -0.133. The fourth-order valence-electron chi connectivity index (χ4n) is 1.99. The minimum absolute atomic E-state index is 0.0909. The normalized spacial score (nSPS) is 10.5. The molecule has 0 aliphatic rings. The van der Waals surface area contributed by atoms with Gasteiger partial charge in [0.2, 0.25) is 0 Å². The van der Waals surface area contributed by atoms with Crippen molar-refractivity contribution < 1.29 is 9.53 Å².